The van der Waals surface area contributed by atoms with Gasteiger partial charge in [0.2, 0.25) is 0 Å². The summed E-state index contributed by atoms with van der Waals surface area (Å²) in [6.07, 6.45) is 0. The molecule has 0 atom stereocenters. The Hall–Kier alpha value is 0.210. The van der Waals surface area contributed by atoms with E-state index in [0.29, 0.717) is 0 Å². The van der Waals surface area contributed by atoms with Gasteiger partial charge in [-0.1, -0.05) is 6.92 Å². The SMILES string of the molecule is CCN(C)C.Cl.N. The number of hydrogen-bond acceptors (Lipinski definition) is 2. The van der Waals surface area contributed by atoms with E-state index in [-0.39, 0.29) is 18.6 Å². The van der Waals surface area contributed by atoms with Crippen LogP contribution in [0.1, 0.15) is 6.92 Å². The molecule has 0 rings (SSSR count). The van der Waals surface area contributed by atoms with Crippen LogP contribution in [0.5, 0.6) is 0 Å². The van der Waals surface area contributed by atoms with E-state index in [1.54, 1.807) is 0 Å². The maximum absolute atomic E-state index is 2.12. The van der Waals surface area contributed by atoms with Crippen molar-refractivity contribution in [2.45, 2.75) is 6.92 Å². The lowest BCUT2D eigenvalue weighted by atomic mass is 10.7. The monoisotopic (exact) mass is 126 g/mol. The molecule has 0 aliphatic rings. The molecular formula is C4H15ClN2. The Morgan fingerprint density at radius 2 is 1.43 bits per heavy atom. The Labute approximate surface area is 51.9 Å². The standard InChI is InChI=1S/C4H11N.ClH.H3N/c1-4-5(2)3;;/h4H2,1-3H3;1H;1H3. The second kappa shape index (κ2) is 9.51. The zero-order chi connectivity index (χ0) is 4.28. The van der Waals surface area contributed by atoms with Crippen LogP contribution in [0.15, 0.2) is 0 Å². The highest BCUT2D eigenvalue weighted by atomic mass is 35.5. The number of rotatable bonds is 1. The van der Waals surface area contributed by atoms with E-state index in [9.17, 15) is 0 Å². The van der Waals surface area contributed by atoms with Gasteiger partial charge in [-0.2, -0.15) is 0 Å². The molecule has 0 amide bonds. The van der Waals surface area contributed by atoms with Crippen molar-refractivity contribution >= 4 is 12.4 Å². The molecule has 0 heterocycles. The molecule has 0 fully saturated rings. The second-order valence-corrected chi connectivity index (χ2v) is 1.40. The summed E-state index contributed by atoms with van der Waals surface area (Å²) in [7, 11) is 4.11. The molecule has 2 nitrogen and oxygen atoms in total. The van der Waals surface area contributed by atoms with Crippen molar-refractivity contribution in [1.29, 1.82) is 0 Å². The van der Waals surface area contributed by atoms with E-state index < -0.39 is 0 Å². The first-order valence-electron chi connectivity index (χ1n) is 1.92. The van der Waals surface area contributed by atoms with Gasteiger partial charge in [0.05, 0.1) is 0 Å². The summed E-state index contributed by atoms with van der Waals surface area (Å²) in [5.74, 6) is 0. The van der Waals surface area contributed by atoms with Gasteiger partial charge in [-0.05, 0) is 20.6 Å². The van der Waals surface area contributed by atoms with E-state index in [0.717, 1.165) is 6.54 Å². The summed E-state index contributed by atoms with van der Waals surface area (Å²) in [6, 6.07) is 0. The highest BCUT2D eigenvalue weighted by molar-refractivity contribution is 5.85. The quantitative estimate of drug-likeness (QED) is 0.573. The molecule has 0 radical (unpaired) electrons. The van der Waals surface area contributed by atoms with Gasteiger partial charge in [-0.3, -0.25) is 0 Å². The van der Waals surface area contributed by atoms with Crippen LogP contribution in [-0.2, 0) is 0 Å². The van der Waals surface area contributed by atoms with Crippen molar-refractivity contribution in [3.63, 3.8) is 0 Å². The summed E-state index contributed by atoms with van der Waals surface area (Å²) in [5.41, 5.74) is 0. The van der Waals surface area contributed by atoms with E-state index >= 15 is 0 Å². The fourth-order valence-corrected chi connectivity index (χ4v) is 0. The Kier molecular flexibility index (Phi) is 21.3. The van der Waals surface area contributed by atoms with Crippen LogP contribution in [0.2, 0.25) is 0 Å². The first-order valence-corrected chi connectivity index (χ1v) is 1.92. The Bertz CT molecular complexity index is 23.7. The van der Waals surface area contributed by atoms with Gasteiger partial charge >= 0.3 is 0 Å². The van der Waals surface area contributed by atoms with Crippen LogP contribution in [0.4, 0.5) is 0 Å². The Morgan fingerprint density at radius 1 is 1.29 bits per heavy atom. The summed E-state index contributed by atoms with van der Waals surface area (Å²) in [4.78, 5) is 2.12. The number of halogens is 1. The highest BCUT2D eigenvalue weighted by Gasteiger charge is 1.72. The van der Waals surface area contributed by atoms with Crippen LogP contribution >= 0.6 is 12.4 Å². The van der Waals surface area contributed by atoms with Gasteiger partial charge in [0, 0.05) is 0 Å². The topological polar surface area (TPSA) is 38.2 Å². The third-order valence-corrected chi connectivity index (χ3v) is 0.632. The van der Waals surface area contributed by atoms with Crippen molar-refractivity contribution in [3.8, 4) is 0 Å². The summed E-state index contributed by atoms with van der Waals surface area (Å²) >= 11 is 0. The molecule has 48 valence electrons. The van der Waals surface area contributed by atoms with E-state index in [1.807, 2.05) is 0 Å². The van der Waals surface area contributed by atoms with Gasteiger partial charge in [-0.25, -0.2) is 0 Å². The van der Waals surface area contributed by atoms with E-state index in [4.69, 9.17) is 0 Å². The first-order chi connectivity index (χ1) is 2.27. The van der Waals surface area contributed by atoms with Crippen molar-refractivity contribution in [2.75, 3.05) is 20.6 Å². The van der Waals surface area contributed by atoms with E-state index in [2.05, 4.69) is 25.9 Å². The molecule has 0 aliphatic carbocycles. The van der Waals surface area contributed by atoms with Gasteiger partial charge in [0.25, 0.3) is 0 Å². The van der Waals surface area contributed by atoms with Crippen LogP contribution in [0, 0.1) is 0 Å². The third-order valence-electron chi connectivity index (χ3n) is 0.632. The molecule has 0 bridgehead atoms. The fourth-order valence-electron chi connectivity index (χ4n) is 0. The summed E-state index contributed by atoms with van der Waals surface area (Å²) in [6.45, 7) is 3.26. The largest absolute Gasteiger partial charge is 0.344 e. The minimum atomic E-state index is 0. The molecule has 0 spiro atoms. The number of hydrogen-bond donors (Lipinski definition) is 1. The second-order valence-electron chi connectivity index (χ2n) is 1.40. The molecule has 0 saturated heterocycles. The van der Waals surface area contributed by atoms with Gasteiger partial charge < -0.3 is 11.1 Å². The highest BCUT2D eigenvalue weighted by Crippen LogP contribution is 1.63. The zero-order valence-corrected chi connectivity index (χ0v) is 6.09. The number of nitrogens with zero attached hydrogens (tertiary/aromatic N) is 1. The molecule has 0 saturated carbocycles. The van der Waals surface area contributed by atoms with E-state index in [1.165, 1.54) is 0 Å². The zero-order valence-electron chi connectivity index (χ0n) is 5.27. The van der Waals surface area contributed by atoms with Crippen molar-refractivity contribution < 1.29 is 0 Å². The molecule has 0 aromatic heterocycles. The molecule has 0 unspecified atom stereocenters. The van der Waals surface area contributed by atoms with Crippen LogP contribution < -0.4 is 6.15 Å². The fraction of sp³-hybridized carbons (Fsp3) is 1.00. The predicted molar refractivity (Wildman–Crippen MR) is 36.5 cm³/mol. The Balaban J connectivity index is -0.0000000800. The van der Waals surface area contributed by atoms with Crippen molar-refractivity contribution in [2.24, 2.45) is 0 Å². The minimum Gasteiger partial charge on any atom is -0.344 e. The smallest absolute Gasteiger partial charge is 0.00533 e. The lowest BCUT2D eigenvalue weighted by molar-refractivity contribution is 0.434. The Morgan fingerprint density at radius 3 is 1.43 bits per heavy atom. The van der Waals surface area contributed by atoms with Crippen LogP contribution in [-0.4, -0.2) is 25.5 Å². The third kappa shape index (κ3) is 22.5. The summed E-state index contributed by atoms with van der Waals surface area (Å²) in [5, 5.41) is 0. The molecular weight excluding hydrogens is 112 g/mol. The lowest BCUT2D eigenvalue weighted by Crippen LogP contribution is -2.08. The maximum Gasteiger partial charge on any atom is -0.00533 e. The average molecular weight is 127 g/mol. The molecule has 3 heteroatoms. The van der Waals surface area contributed by atoms with Gasteiger partial charge in [0.15, 0.2) is 0 Å². The summed E-state index contributed by atoms with van der Waals surface area (Å²) < 4.78 is 0. The first kappa shape index (κ1) is 15.7. The van der Waals surface area contributed by atoms with Crippen LogP contribution in [0.3, 0.4) is 0 Å². The predicted octanol–water partition coefficient (Wildman–Crippen LogP) is 1.15. The molecule has 0 aliphatic heterocycles. The minimum absolute atomic E-state index is 0. The van der Waals surface area contributed by atoms with Gasteiger partial charge in [0.1, 0.15) is 0 Å². The van der Waals surface area contributed by atoms with Crippen molar-refractivity contribution in [1.82, 2.24) is 11.1 Å². The average Bonchev–Trinajstić information content (AvgIpc) is 1.38. The van der Waals surface area contributed by atoms with Crippen molar-refractivity contribution in [3.05, 3.63) is 0 Å². The molecule has 0 aromatic carbocycles. The maximum atomic E-state index is 2.12. The van der Waals surface area contributed by atoms with Gasteiger partial charge in [-0.15, -0.1) is 12.4 Å². The molecule has 3 N–H and O–H groups in total. The molecule has 0 aromatic rings. The lowest BCUT2D eigenvalue weighted by Gasteiger charge is -2.00. The normalized spacial score (nSPS) is 6.86. The molecule has 7 heavy (non-hydrogen) atoms. The van der Waals surface area contributed by atoms with Crippen LogP contribution in [0.25, 0.3) is 0 Å².